The first kappa shape index (κ1) is 14.4. The molecule has 2 unspecified atom stereocenters. The van der Waals surface area contributed by atoms with E-state index in [1.807, 2.05) is 19.2 Å². The van der Waals surface area contributed by atoms with Gasteiger partial charge in [0.15, 0.2) is 0 Å². The molecular weight excluding hydrogens is 236 g/mol. The third kappa shape index (κ3) is 3.71. The molecule has 106 valence electrons. The standard InChI is InChI=1S/C16H26N2O/c1-13-7-6-10-18(11-13)12-15(17-2)14-8-4-5-9-16(14)19-3/h4-5,8-9,13,15,17H,6-7,10-12H2,1-3H3. The van der Waals surface area contributed by atoms with Crippen LogP contribution < -0.4 is 10.1 Å². The summed E-state index contributed by atoms with van der Waals surface area (Å²) in [5.74, 6) is 1.80. The number of likely N-dealkylation sites (tertiary alicyclic amines) is 1. The molecule has 1 aromatic carbocycles. The molecule has 0 aromatic heterocycles. The van der Waals surface area contributed by atoms with Crippen LogP contribution in [0.15, 0.2) is 24.3 Å². The molecule has 1 fully saturated rings. The Bertz CT molecular complexity index is 394. The molecule has 0 amide bonds. The highest BCUT2D eigenvalue weighted by molar-refractivity contribution is 5.36. The van der Waals surface area contributed by atoms with Gasteiger partial charge in [-0.1, -0.05) is 25.1 Å². The summed E-state index contributed by atoms with van der Waals surface area (Å²) >= 11 is 0. The van der Waals surface area contributed by atoms with Crippen molar-refractivity contribution >= 4 is 0 Å². The number of nitrogens with zero attached hydrogens (tertiary/aromatic N) is 1. The van der Waals surface area contributed by atoms with Crippen molar-refractivity contribution < 1.29 is 4.74 Å². The summed E-state index contributed by atoms with van der Waals surface area (Å²) in [7, 11) is 3.78. The molecule has 3 heteroatoms. The van der Waals surface area contributed by atoms with E-state index >= 15 is 0 Å². The average molecular weight is 262 g/mol. The van der Waals surface area contributed by atoms with Gasteiger partial charge in [-0.05, 0) is 38.4 Å². The fourth-order valence-corrected chi connectivity index (χ4v) is 3.01. The minimum Gasteiger partial charge on any atom is -0.496 e. The van der Waals surface area contributed by atoms with Crippen molar-refractivity contribution in [2.24, 2.45) is 5.92 Å². The zero-order chi connectivity index (χ0) is 13.7. The second kappa shape index (κ2) is 6.92. The maximum Gasteiger partial charge on any atom is 0.123 e. The van der Waals surface area contributed by atoms with Gasteiger partial charge < -0.3 is 15.0 Å². The Hall–Kier alpha value is -1.06. The van der Waals surface area contributed by atoms with Gasteiger partial charge in [0.25, 0.3) is 0 Å². The fraction of sp³-hybridized carbons (Fsp3) is 0.625. The summed E-state index contributed by atoms with van der Waals surface area (Å²) in [6.07, 6.45) is 2.69. The summed E-state index contributed by atoms with van der Waals surface area (Å²) in [6.45, 7) is 5.84. The van der Waals surface area contributed by atoms with E-state index in [1.54, 1.807) is 7.11 Å². The molecule has 0 radical (unpaired) electrons. The molecule has 1 aromatic rings. The first-order chi connectivity index (χ1) is 9.24. The fourth-order valence-electron chi connectivity index (χ4n) is 3.01. The van der Waals surface area contributed by atoms with Crippen LogP contribution >= 0.6 is 0 Å². The van der Waals surface area contributed by atoms with Gasteiger partial charge in [0.05, 0.1) is 7.11 Å². The Morgan fingerprint density at radius 2 is 2.21 bits per heavy atom. The van der Waals surface area contributed by atoms with Crippen LogP contribution in [0.3, 0.4) is 0 Å². The predicted molar refractivity (Wildman–Crippen MR) is 79.6 cm³/mol. The summed E-state index contributed by atoms with van der Waals surface area (Å²) < 4.78 is 5.48. The third-order valence-electron chi connectivity index (χ3n) is 4.04. The lowest BCUT2D eigenvalue weighted by Gasteiger charge is -2.34. The van der Waals surface area contributed by atoms with E-state index in [0.29, 0.717) is 6.04 Å². The Morgan fingerprint density at radius 1 is 1.42 bits per heavy atom. The number of hydrogen-bond donors (Lipinski definition) is 1. The highest BCUT2D eigenvalue weighted by Crippen LogP contribution is 2.26. The minimum atomic E-state index is 0.335. The highest BCUT2D eigenvalue weighted by Gasteiger charge is 2.21. The van der Waals surface area contributed by atoms with Gasteiger partial charge in [-0.25, -0.2) is 0 Å². The molecular formula is C16H26N2O. The number of nitrogens with one attached hydrogen (secondary N) is 1. The monoisotopic (exact) mass is 262 g/mol. The van der Waals surface area contributed by atoms with Crippen molar-refractivity contribution in [3.8, 4) is 5.75 Å². The average Bonchev–Trinajstić information content (AvgIpc) is 2.45. The SMILES string of the molecule is CNC(CN1CCCC(C)C1)c1ccccc1OC. The molecule has 1 heterocycles. The number of piperidine rings is 1. The zero-order valence-corrected chi connectivity index (χ0v) is 12.4. The van der Waals surface area contributed by atoms with Crippen LogP contribution in [-0.2, 0) is 0 Å². The van der Waals surface area contributed by atoms with Crippen molar-refractivity contribution in [3.63, 3.8) is 0 Å². The van der Waals surface area contributed by atoms with Gasteiger partial charge in [0.1, 0.15) is 5.75 Å². The van der Waals surface area contributed by atoms with Crippen LogP contribution in [-0.4, -0.2) is 38.7 Å². The smallest absolute Gasteiger partial charge is 0.123 e. The summed E-state index contributed by atoms with van der Waals surface area (Å²) in [6, 6.07) is 8.65. The highest BCUT2D eigenvalue weighted by atomic mass is 16.5. The molecule has 0 saturated carbocycles. The summed E-state index contributed by atoms with van der Waals surface area (Å²) in [5, 5.41) is 3.43. The van der Waals surface area contributed by atoms with Crippen LogP contribution in [0.25, 0.3) is 0 Å². The van der Waals surface area contributed by atoms with Crippen molar-refractivity contribution in [1.82, 2.24) is 10.2 Å². The van der Waals surface area contributed by atoms with Crippen LogP contribution in [0, 0.1) is 5.92 Å². The largest absolute Gasteiger partial charge is 0.496 e. The van der Waals surface area contributed by atoms with Crippen molar-refractivity contribution in [1.29, 1.82) is 0 Å². The topological polar surface area (TPSA) is 24.5 Å². The number of likely N-dealkylation sites (N-methyl/N-ethyl adjacent to an activating group) is 1. The third-order valence-corrected chi connectivity index (χ3v) is 4.04. The molecule has 0 aliphatic carbocycles. The summed E-state index contributed by atoms with van der Waals surface area (Å²) in [4.78, 5) is 2.57. The van der Waals surface area contributed by atoms with Crippen molar-refractivity contribution in [2.75, 3.05) is 33.8 Å². The second-order valence-electron chi connectivity index (χ2n) is 5.59. The van der Waals surface area contributed by atoms with Gasteiger partial charge >= 0.3 is 0 Å². The first-order valence-corrected chi connectivity index (χ1v) is 7.27. The van der Waals surface area contributed by atoms with Crippen LogP contribution in [0.1, 0.15) is 31.4 Å². The summed E-state index contributed by atoms with van der Waals surface area (Å²) in [5.41, 5.74) is 1.26. The number of methoxy groups -OCH3 is 1. The minimum absolute atomic E-state index is 0.335. The van der Waals surface area contributed by atoms with Crippen molar-refractivity contribution in [2.45, 2.75) is 25.8 Å². The van der Waals surface area contributed by atoms with E-state index in [1.165, 1.54) is 31.5 Å². The van der Waals surface area contributed by atoms with E-state index in [0.717, 1.165) is 18.2 Å². The Morgan fingerprint density at radius 3 is 2.89 bits per heavy atom. The molecule has 3 nitrogen and oxygen atoms in total. The molecule has 1 aliphatic rings. The van der Waals surface area contributed by atoms with E-state index in [-0.39, 0.29) is 0 Å². The Balaban J connectivity index is 2.07. The van der Waals surface area contributed by atoms with E-state index in [4.69, 9.17) is 4.74 Å². The first-order valence-electron chi connectivity index (χ1n) is 7.27. The molecule has 2 atom stereocenters. The molecule has 19 heavy (non-hydrogen) atoms. The predicted octanol–water partition coefficient (Wildman–Crippen LogP) is 2.69. The maximum absolute atomic E-state index is 5.48. The lowest BCUT2D eigenvalue weighted by Crippen LogP contribution is -2.40. The Kier molecular flexibility index (Phi) is 5.23. The van der Waals surface area contributed by atoms with Gasteiger partial charge in [-0.3, -0.25) is 0 Å². The zero-order valence-electron chi connectivity index (χ0n) is 12.4. The number of rotatable bonds is 5. The molecule has 2 rings (SSSR count). The molecule has 1 N–H and O–H groups in total. The van der Waals surface area contributed by atoms with E-state index in [2.05, 4.69) is 29.3 Å². The Labute approximate surface area is 116 Å². The van der Waals surface area contributed by atoms with Gasteiger partial charge in [0.2, 0.25) is 0 Å². The maximum atomic E-state index is 5.48. The molecule has 1 aliphatic heterocycles. The number of ether oxygens (including phenoxy) is 1. The number of benzene rings is 1. The second-order valence-corrected chi connectivity index (χ2v) is 5.59. The lowest BCUT2D eigenvalue weighted by molar-refractivity contribution is 0.168. The van der Waals surface area contributed by atoms with E-state index in [9.17, 15) is 0 Å². The van der Waals surface area contributed by atoms with Gasteiger partial charge in [-0.15, -0.1) is 0 Å². The number of hydrogen-bond acceptors (Lipinski definition) is 3. The van der Waals surface area contributed by atoms with Crippen molar-refractivity contribution in [3.05, 3.63) is 29.8 Å². The lowest BCUT2D eigenvalue weighted by atomic mass is 9.98. The molecule has 0 bridgehead atoms. The van der Waals surface area contributed by atoms with Crippen LogP contribution in [0.4, 0.5) is 0 Å². The van der Waals surface area contributed by atoms with Crippen LogP contribution in [0.2, 0.25) is 0 Å². The molecule has 0 spiro atoms. The van der Waals surface area contributed by atoms with Gasteiger partial charge in [-0.2, -0.15) is 0 Å². The van der Waals surface area contributed by atoms with E-state index < -0.39 is 0 Å². The van der Waals surface area contributed by atoms with Crippen LogP contribution in [0.5, 0.6) is 5.75 Å². The normalized spacial score (nSPS) is 22.2. The number of para-hydroxylation sites is 1. The van der Waals surface area contributed by atoms with Gasteiger partial charge in [0, 0.05) is 24.7 Å². The quantitative estimate of drug-likeness (QED) is 0.883. The molecule has 1 saturated heterocycles.